The Kier molecular flexibility index (Phi) is 2.95. The van der Waals surface area contributed by atoms with Crippen LogP contribution in [0.4, 0.5) is 4.39 Å². The van der Waals surface area contributed by atoms with Crippen molar-refractivity contribution < 1.29 is 18.7 Å². The largest absolute Gasteiger partial charge is 0.348 e. The van der Waals surface area contributed by atoms with Crippen LogP contribution in [0, 0.1) is 5.82 Å². The van der Waals surface area contributed by atoms with Crippen LogP contribution in [0.2, 0.25) is 0 Å². The Morgan fingerprint density at radius 2 is 1.90 bits per heavy atom. The molecule has 1 saturated heterocycles. The highest BCUT2D eigenvalue weighted by molar-refractivity contribution is 5.99. The number of hydrogen-bond acceptors (Lipinski definition) is 3. The van der Waals surface area contributed by atoms with Gasteiger partial charge in [-0.3, -0.25) is 4.79 Å². The molecule has 1 atom stereocenters. The maximum absolute atomic E-state index is 14.1. The van der Waals surface area contributed by atoms with Crippen LogP contribution < -0.4 is 0 Å². The fourth-order valence-electron chi connectivity index (χ4n) is 4.44. The molecule has 0 amide bonds. The first-order valence-corrected chi connectivity index (χ1v) is 7.74. The van der Waals surface area contributed by atoms with E-state index in [0.29, 0.717) is 25.2 Å². The van der Waals surface area contributed by atoms with Crippen LogP contribution in [-0.4, -0.2) is 24.8 Å². The molecule has 0 N–H and O–H groups in total. The van der Waals surface area contributed by atoms with Gasteiger partial charge in [0, 0.05) is 24.7 Å². The lowest BCUT2D eigenvalue weighted by Gasteiger charge is -2.47. The van der Waals surface area contributed by atoms with E-state index >= 15 is 0 Å². The van der Waals surface area contributed by atoms with Crippen LogP contribution in [0.1, 0.15) is 54.4 Å². The Bertz CT molecular complexity index is 592. The maximum atomic E-state index is 14.1. The summed E-state index contributed by atoms with van der Waals surface area (Å²) in [5, 5.41) is 0. The molecule has 4 rings (SSSR count). The molecular formula is C17H19FO3. The molecule has 2 aliphatic carbocycles. The number of carbonyl (C=O) groups excluding carboxylic acids is 1. The highest BCUT2D eigenvalue weighted by Gasteiger charge is 2.51. The fourth-order valence-corrected chi connectivity index (χ4v) is 4.44. The molecule has 1 saturated carbocycles. The van der Waals surface area contributed by atoms with Crippen molar-refractivity contribution in [1.82, 2.24) is 0 Å². The van der Waals surface area contributed by atoms with Crippen LogP contribution in [-0.2, 0) is 14.9 Å². The lowest BCUT2D eigenvalue weighted by Crippen LogP contribution is -2.47. The molecule has 4 heteroatoms. The number of carbonyl (C=O) groups is 1. The van der Waals surface area contributed by atoms with Crippen LogP contribution in [0.15, 0.2) is 18.2 Å². The molecule has 2 fully saturated rings. The minimum absolute atomic E-state index is 0.0680. The molecule has 21 heavy (non-hydrogen) atoms. The molecule has 0 bridgehead atoms. The SMILES string of the molecule is O=C1CCC2(CCCC3(C2)OCCO3)c2cccc(F)c21. The minimum Gasteiger partial charge on any atom is -0.348 e. The highest BCUT2D eigenvalue weighted by atomic mass is 19.1. The number of fused-ring (bicyclic) bond motifs is 2. The summed E-state index contributed by atoms with van der Waals surface area (Å²) < 4.78 is 25.9. The summed E-state index contributed by atoms with van der Waals surface area (Å²) in [5.74, 6) is -0.964. The molecule has 2 spiro atoms. The van der Waals surface area contributed by atoms with Crippen molar-refractivity contribution in [3.8, 4) is 0 Å². The molecule has 1 aromatic rings. The topological polar surface area (TPSA) is 35.5 Å². The Hall–Kier alpha value is -1.26. The Labute approximate surface area is 123 Å². The molecule has 3 nitrogen and oxygen atoms in total. The van der Waals surface area contributed by atoms with Gasteiger partial charge in [0.15, 0.2) is 11.6 Å². The second kappa shape index (κ2) is 4.62. The number of hydrogen-bond donors (Lipinski definition) is 0. The maximum Gasteiger partial charge on any atom is 0.169 e. The van der Waals surface area contributed by atoms with Crippen LogP contribution in [0.25, 0.3) is 0 Å². The van der Waals surface area contributed by atoms with Gasteiger partial charge in [0.2, 0.25) is 0 Å². The smallest absolute Gasteiger partial charge is 0.169 e. The van der Waals surface area contributed by atoms with Gasteiger partial charge in [-0.15, -0.1) is 0 Å². The van der Waals surface area contributed by atoms with Crippen molar-refractivity contribution in [2.45, 2.75) is 49.7 Å². The number of halogens is 1. The fraction of sp³-hybridized carbons (Fsp3) is 0.588. The first kappa shape index (κ1) is 13.4. The summed E-state index contributed by atoms with van der Waals surface area (Å²) in [6, 6.07) is 5.02. The Balaban J connectivity index is 1.80. The second-order valence-electron chi connectivity index (χ2n) is 6.50. The zero-order valence-electron chi connectivity index (χ0n) is 12.0. The Morgan fingerprint density at radius 1 is 1.10 bits per heavy atom. The summed E-state index contributed by atoms with van der Waals surface area (Å²) in [6.45, 7) is 1.26. The van der Waals surface area contributed by atoms with Gasteiger partial charge < -0.3 is 9.47 Å². The molecule has 1 aromatic carbocycles. The van der Waals surface area contributed by atoms with Gasteiger partial charge in [0.25, 0.3) is 0 Å². The molecular weight excluding hydrogens is 271 g/mol. The van der Waals surface area contributed by atoms with Gasteiger partial charge in [-0.25, -0.2) is 4.39 Å². The van der Waals surface area contributed by atoms with E-state index in [4.69, 9.17) is 9.47 Å². The second-order valence-corrected chi connectivity index (χ2v) is 6.50. The lowest BCUT2D eigenvalue weighted by atomic mass is 9.61. The third-order valence-corrected chi connectivity index (χ3v) is 5.33. The number of Topliss-reactive ketones (excluding diaryl/α,β-unsaturated/α-hetero) is 1. The first-order valence-electron chi connectivity index (χ1n) is 7.74. The predicted molar refractivity (Wildman–Crippen MR) is 74.7 cm³/mol. The predicted octanol–water partition coefficient (Wildman–Crippen LogP) is 3.36. The van der Waals surface area contributed by atoms with E-state index in [-0.39, 0.29) is 17.0 Å². The van der Waals surface area contributed by atoms with Crippen LogP contribution in [0.5, 0.6) is 0 Å². The van der Waals surface area contributed by atoms with E-state index in [1.54, 1.807) is 6.07 Å². The first-order chi connectivity index (χ1) is 10.1. The van der Waals surface area contributed by atoms with Crippen molar-refractivity contribution in [1.29, 1.82) is 0 Å². The summed E-state index contributed by atoms with van der Waals surface area (Å²) in [4.78, 5) is 12.1. The van der Waals surface area contributed by atoms with Gasteiger partial charge in [0.1, 0.15) is 5.82 Å². The molecule has 0 aromatic heterocycles. The zero-order chi connectivity index (χ0) is 14.5. The standard InChI is InChI=1S/C17H19FO3/c18-13-4-1-3-12-15(13)14(19)5-8-16(12)6-2-7-17(11-16)20-9-10-21-17/h1,3-4H,2,5-11H2. The van der Waals surface area contributed by atoms with E-state index in [9.17, 15) is 9.18 Å². The average molecular weight is 290 g/mol. The summed E-state index contributed by atoms with van der Waals surface area (Å²) in [7, 11) is 0. The summed E-state index contributed by atoms with van der Waals surface area (Å²) in [6.07, 6.45) is 4.80. The summed E-state index contributed by atoms with van der Waals surface area (Å²) >= 11 is 0. The third-order valence-electron chi connectivity index (χ3n) is 5.33. The molecule has 1 aliphatic heterocycles. The molecule has 112 valence electrons. The van der Waals surface area contributed by atoms with E-state index < -0.39 is 5.79 Å². The van der Waals surface area contributed by atoms with E-state index in [1.807, 2.05) is 6.07 Å². The van der Waals surface area contributed by atoms with Crippen LogP contribution in [0.3, 0.4) is 0 Å². The average Bonchev–Trinajstić information content (AvgIpc) is 2.91. The van der Waals surface area contributed by atoms with E-state index in [1.165, 1.54) is 6.07 Å². The van der Waals surface area contributed by atoms with Gasteiger partial charge >= 0.3 is 0 Å². The molecule has 0 radical (unpaired) electrons. The highest BCUT2D eigenvalue weighted by Crippen LogP contribution is 2.52. The van der Waals surface area contributed by atoms with E-state index in [2.05, 4.69) is 0 Å². The lowest BCUT2D eigenvalue weighted by molar-refractivity contribution is -0.192. The van der Waals surface area contributed by atoms with Crippen LogP contribution >= 0.6 is 0 Å². The number of ketones is 1. The monoisotopic (exact) mass is 290 g/mol. The molecule has 1 unspecified atom stereocenters. The quantitative estimate of drug-likeness (QED) is 0.735. The van der Waals surface area contributed by atoms with Gasteiger partial charge in [-0.05, 0) is 30.9 Å². The third kappa shape index (κ3) is 1.96. The van der Waals surface area contributed by atoms with Crippen molar-refractivity contribution in [3.63, 3.8) is 0 Å². The molecule has 3 aliphatic rings. The summed E-state index contributed by atoms with van der Waals surface area (Å²) in [5.41, 5.74) is 1.00. The minimum atomic E-state index is -0.512. The number of benzene rings is 1. The van der Waals surface area contributed by atoms with Crippen molar-refractivity contribution >= 4 is 5.78 Å². The normalized spacial score (nSPS) is 30.8. The van der Waals surface area contributed by atoms with Gasteiger partial charge in [-0.1, -0.05) is 12.1 Å². The van der Waals surface area contributed by atoms with Crippen molar-refractivity contribution in [3.05, 3.63) is 35.1 Å². The number of rotatable bonds is 0. The van der Waals surface area contributed by atoms with Crippen molar-refractivity contribution in [2.75, 3.05) is 13.2 Å². The molecule has 1 heterocycles. The van der Waals surface area contributed by atoms with Gasteiger partial charge in [-0.2, -0.15) is 0 Å². The zero-order valence-corrected chi connectivity index (χ0v) is 12.0. The Morgan fingerprint density at radius 3 is 2.71 bits per heavy atom. The number of ether oxygens (including phenoxy) is 2. The van der Waals surface area contributed by atoms with E-state index in [0.717, 1.165) is 37.7 Å². The van der Waals surface area contributed by atoms with Crippen molar-refractivity contribution in [2.24, 2.45) is 0 Å². The van der Waals surface area contributed by atoms with Gasteiger partial charge in [0.05, 0.1) is 18.8 Å².